The monoisotopic (exact) mass is 503 g/mol. The molecule has 1 amide bonds. The number of benzene rings is 2. The van der Waals surface area contributed by atoms with Gasteiger partial charge in [0, 0.05) is 40.8 Å². The third-order valence-corrected chi connectivity index (χ3v) is 6.16. The molecule has 33 heavy (non-hydrogen) atoms. The van der Waals surface area contributed by atoms with E-state index in [1.54, 1.807) is 24.5 Å². The minimum atomic E-state index is -0.417. The van der Waals surface area contributed by atoms with Gasteiger partial charge in [-0.05, 0) is 48.2 Å². The summed E-state index contributed by atoms with van der Waals surface area (Å²) in [5.74, 6) is -0.350. The van der Waals surface area contributed by atoms with Gasteiger partial charge < -0.3 is 4.74 Å². The fourth-order valence-corrected chi connectivity index (χ4v) is 4.12. The lowest BCUT2D eigenvalue weighted by molar-refractivity contribution is -0.186. The summed E-state index contributed by atoms with van der Waals surface area (Å²) in [7, 11) is 0. The number of hydrogen-bond donors (Lipinski definition) is 1. The molecule has 1 atom stereocenters. The number of carbonyl (C=O) groups excluding carboxylic acids is 1. The first-order valence-electron chi connectivity index (χ1n) is 10.9. The predicted octanol–water partition coefficient (Wildman–Crippen LogP) is 5.91. The number of hydrogen-bond acceptors (Lipinski definition) is 5. The van der Waals surface area contributed by atoms with Crippen LogP contribution in [0.3, 0.4) is 0 Å². The first-order valence-corrected chi connectivity index (χ1v) is 11.7. The normalized spacial score (nSPS) is 16.0. The molecule has 7 heteroatoms. The maximum Gasteiger partial charge on any atom is 0.275 e. The largest absolute Gasteiger partial charge is 0.350 e. The summed E-state index contributed by atoms with van der Waals surface area (Å²) in [4.78, 5) is 27.4. The summed E-state index contributed by atoms with van der Waals surface area (Å²) in [6, 6.07) is 19.9. The van der Waals surface area contributed by atoms with E-state index in [0.717, 1.165) is 40.4 Å². The van der Waals surface area contributed by atoms with Crippen LogP contribution < -0.4 is 5.48 Å². The molecule has 0 saturated carbocycles. The van der Waals surface area contributed by atoms with Crippen LogP contribution in [0.4, 0.5) is 0 Å². The predicted molar refractivity (Wildman–Crippen MR) is 130 cm³/mol. The Kier molecular flexibility index (Phi) is 6.44. The fourth-order valence-electron chi connectivity index (χ4n) is 3.86. The van der Waals surface area contributed by atoms with Crippen molar-refractivity contribution in [2.75, 3.05) is 6.61 Å². The molecule has 1 unspecified atom stereocenters. The molecule has 0 radical (unpaired) electrons. The molecule has 5 rings (SSSR count). The van der Waals surface area contributed by atoms with Crippen LogP contribution in [0.5, 0.6) is 0 Å². The van der Waals surface area contributed by atoms with Gasteiger partial charge in [-0.15, -0.1) is 0 Å². The lowest BCUT2D eigenvalue weighted by Gasteiger charge is -2.22. The number of pyridine rings is 2. The Morgan fingerprint density at radius 1 is 1.00 bits per heavy atom. The van der Waals surface area contributed by atoms with Crippen LogP contribution in [0, 0.1) is 0 Å². The van der Waals surface area contributed by atoms with Gasteiger partial charge in [0.2, 0.25) is 0 Å². The average molecular weight is 504 g/mol. The van der Waals surface area contributed by atoms with Crippen LogP contribution in [0.2, 0.25) is 0 Å². The van der Waals surface area contributed by atoms with Crippen LogP contribution in [-0.4, -0.2) is 28.8 Å². The van der Waals surface area contributed by atoms with E-state index in [1.165, 1.54) is 0 Å². The number of hydroxylamine groups is 1. The highest BCUT2D eigenvalue weighted by Gasteiger charge is 2.19. The van der Waals surface area contributed by atoms with Crippen molar-refractivity contribution in [3.8, 4) is 22.4 Å². The number of carbonyl (C=O) groups is 1. The second-order valence-electron chi connectivity index (χ2n) is 7.88. The fraction of sp³-hybridized carbons (Fsp3) is 0.192. The first-order chi connectivity index (χ1) is 16.2. The van der Waals surface area contributed by atoms with E-state index < -0.39 is 6.29 Å². The number of aromatic nitrogens is 2. The van der Waals surface area contributed by atoms with Crippen LogP contribution in [-0.2, 0) is 9.57 Å². The SMILES string of the molecule is O=C(NOC1CCCCO1)c1cc(-c2ccc(-c3ccc(Br)cc3)cc2)nc2ccncc12. The van der Waals surface area contributed by atoms with Crippen molar-refractivity contribution in [3.05, 3.63) is 83.1 Å². The highest BCUT2D eigenvalue weighted by atomic mass is 79.9. The van der Waals surface area contributed by atoms with Gasteiger partial charge in [0.05, 0.1) is 16.8 Å². The van der Waals surface area contributed by atoms with Crippen LogP contribution in [0.15, 0.2) is 77.5 Å². The van der Waals surface area contributed by atoms with Crippen LogP contribution in [0.25, 0.3) is 33.3 Å². The molecular weight excluding hydrogens is 482 g/mol. The Balaban J connectivity index is 1.43. The number of rotatable bonds is 5. The number of nitrogens with zero attached hydrogens (tertiary/aromatic N) is 2. The van der Waals surface area contributed by atoms with Gasteiger partial charge in [0.15, 0.2) is 6.29 Å². The molecule has 3 heterocycles. The highest BCUT2D eigenvalue weighted by molar-refractivity contribution is 9.10. The first kappa shape index (κ1) is 21.7. The number of ether oxygens (including phenoxy) is 1. The molecule has 2 aromatic carbocycles. The zero-order chi connectivity index (χ0) is 22.6. The molecule has 6 nitrogen and oxygen atoms in total. The van der Waals surface area contributed by atoms with E-state index >= 15 is 0 Å². The van der Waals surface area contributed by atoms with E-state index in [0.29, 0.717) is 28.8 Å². The van der Waals surface area contributed by atoms with E-state index in [9.17, 15) is 4.79 Å². The lowest BCUT2D eigenvalue weighted by atomic mass is 10.0. The molecule has 0 bridgehead atoms. The van der Waals surface area contributed by atoms with Crippen molar-refractivity contribution in [1.29, 1.82) is 0 Å². The molecule has 1 N–H and O–H groups in total. The van der Waals surface area contributed by atoms with Gasteiger partial charge in [-0.3, -0.25) is 9.78 Å². The molecule has 0 spiro atoms. The van der Waals surface area contributed by atoms with Gasteiger partial charge in [-0.2, -0.15) is 0 Å². The summed E-state index contributed by atoms with van der Waals surface area (Å²) in [6.45, 7) is 0.642. The number of halogens is 1. The molecule has 2 aromatic heterocycles. The Hall–Kier alpha value is -3.13. The van der Waals surface area contributed by atoms with Gasteiger partial charge >= 0.3 is 0 Å². The Labute approximate surface area is 200 Å². The summed E-state index contributed by atoms with van der Waals surface area (Å²) in [5.41, 5.74) is 7.56. The zero-order valence-corrected chi connectivity index (χ0v) is 19.4. The quantitative estimate of drug-likeness (QED) is 0.342. The zero-order valence-electron chi connectivity index (χ0n) is 17.8. The molecule has 1 saturated heterocycles. The molecule has 1 fully saturated rings. The van der Waals surface area contributed by atoms with Crippen molar-refractivity contribution < 1.29 is 14.4 Å². The van der Waals surface area contributed by atoms with E-state index in [2.05, 4.69) is 50.7 Å². The summed E-state index contributed by atoms with van der Waals surface area (Å²) in [6.07, 6.45) is 5.69. The van der Waals surface area contributed by atoms with Gasteiger partial charge in [0.1, 0.15) is 0 Å². The van der Waals surface area contributed by atoms with Crippen molar-refractivity contribution in [3.63, 3.8) is 0 Å². The van der Waals surface area contributed by atoms with Crippen molar-refractivity contribution in [2.24, 2.45) is 0 Å². The van der Waals surface area contributed by atoms with E-state index in [1.807, 2.05) is 24.3 Å². The van der Waals surface area contributed by atoms with Crippen LogP contribution >= 0.6 is 15.9 Å². The van der Waals surface area contributed by atoms with Gasteiger partial charge in [-0.1, -0.05) is 52.3 Å². The van der Waals surface area contributed by atoms with Crippen molar-refractivity contribution >= 4 is 32.7 Å². The number of amides is 1. The van der Waals surface area contributed by atoms with Gasteiger partial charge in [-0.25, -0.2) is 15.3 Å². The molecular formula is C26H22BrN3O3. The maximum atomic E-state index is 13.0. The topological polar surface area (TPSA) is 73.3 Å². The molecule has 166 valence electrons. The van der Waals surface area contributed by atoms with E-state index in [-0.39, 0.29) is 5.91 Å². The molecule has 1 aliphatic heterocycles. The second kappa shape index (κ2) is 9.79. The minimum absolute atomic E-state index is 0.350. The third kappa shape index (κ3) is 4.95. The van der Waals surface area contributed by atoms with Crippen molar-refractivity contribution in [1.82, 2.24) is 15.4 Å². The standard InChI is InChI=1S/C26H22BrN3O3/c27-20-10-8-18(9-11-20)17-4-6-19(7-5-17)24-15-21(22-16-28-13-12-23(22)29-24)26(31)30-33-25-3-1-2-14-32-25/h4-13,15-16,25H,1-3,14H2,(H,30,31). The summed E-state index contributed by atoms with van der Waals surface area (Å²) < 4.78 is 6.58. The lowest BCUT2D eigenvalue weighted by Crippen LogP contribution is -2.33. The average Bonchev–Trinajstić information content (AvgIpc) is 2.88. The van der Waals surface area contributed by atoms with Gasteiger partial charge in [0.25, 0.3) is 5.91 Å². The summed E-state index contributed by atoms with van der Waals surface area (Å²) in [5, 5.41) is 0.665. The molecule has 0 aliphatic carbocycles. The Morgan fingerprint density at radius 2 is 1.73 bits per heavy atom. The highest BCUT2D eigenvalue weighted by Crippen LogP contribution is 2.28. The maximum absolute atomic E-state index is 13.0. The van der Waals surface area contributed by atoms with Crippen molar-refractivity contribution in [2.45, 2.75) is 25.6 Å². The summed E-state index contributed by atoms with van der Waals surface area (Å²) >= 11 is 3.47. The number of fused-ring (bicyclic) bond motifs is 1. The second-order valence-corrected chi connectivity index (χ2v) is 8.79. The Bertz CT molecular complexity index is 1270. The van der Waals surface area contributed by atoms with E-state index in [4.69, 9.17) is 14.6 Å². The van der Waals surface area contributed by atoms with Crippen LogP contribution in [0.1, 0.15) is 29.6 Å². The molecule has 1 aliphatic rings. The third-order valence-electron chi connectivity index (χ3n) is 5.63. The smallest absolute Gasteiger partial charge is 0.275 e. The Morgan fingerprint density at radius 3 is 2.45 bits per heavy atom. The molecule has 4 aromatic rings. The number of nitrogens with one attached hydrogen (secondary N) is 1. The minimum Gasteiger partial charge on any atom is -0.350 e.